The molecule has 5 heteroatoms. The Bertz CT molecular complexity index is 678. The summed E-state index contributed by atoms with van der Waals surface area (Å²) in [6.45, 7) is 1.58. The van der Waals surface area contributed by atoms with Crippen molar-refractivity contribution in [1.29, 1.82) is 0 Å². The highest BCUT2D eigenvalue weighted by Gasteiger charge is 2.08. The fourth-order valence-corrected chi connectivity index (χ4v) is 2.56. The Balaban J connectivity index is 1.70. The van der Waals surface area contributed by atoms with E-state index in [1.54, 1.807) is 18.6 Å². The smallest absolute Gasteiger partial charge is 0.138 e. The van der Waals surface area contributed by atoms with Crippen LogP contribution in [0.5, 0.6) is 0 Å². The molecule has 0 aromatic carbocycles. The molecule has 0 saturated heterocycles. The average Bonchev–Trinajstić information content (AvgIpc) is 2.78. The van der Waals surface area contributed by atoms with E-state index in [1.807, 2.05) is 18.2 Å². The van der Waals surface area contributed by atoms with Gasteiger partial charge in [-0.1, -0.05) is 0 Å². The Hall–Kier alpha value is -1.72. The third kappa shape index (κ3) is 2.67. The molecule has 0 aliphatic carbocycles. The van der Waals surface area contributed by atoms with Gasteiger partial charge in [0.15, 0.2) is 0 Å². The van der Waals surface area contributed by atoms with Gasteiger partial charge >= 0.3 is 0 Å². The second kappa shape index (κ2) is 5.50. The van der Waals surface area contributed by atoms with Gasteiger partial charge in [-0.25, -0.2) is 4.98 Å². The molecule has 0 atom stereocenters. The molecular formula is C14H13BrN4. The number of pyridine rings is 2. The molecule has 19 heavy (non-hydrogen) atoms. The first kappa shape index (κ1) is 12.3. The summed E-state index contributed by atoms with van der Waals surface area (Å²) in [6, 6.07) is 8.01. The van der Waals surface area contributed by atoms with Crippen LogP contribution in [0, 0.1) is 0 Å². The summed E-state index contributed by atoms with van der Waals surface area (Å²) in [5, 5.41) is 4.52. The molecule has 3 heterocycles. The SMILES string of the molecule is Brc1c(CNCc2ccncc2)[nH]c2ncccc12. The highest BCUT2D eigenvalue weighted by Crippen LogP contribution is 2.26. The summed E-state index contributed by atoms with van der Waals surface area (Å²) in [5.41, 5.74) is 3.25. The summed E-state index contributed by atoms with van der Waals surface area (Å²) >= 11 is 3.62. The van der Waals surface area contributed by atoms with Crippen molar-refractivity contribution in [2.45, 2.75) is 13.1 Å². The van der Waals surface area contributed by atoms with Crippen LogP contribution in [0.3, 0.4) is 0 Å². The van der Waals surface area contributed by atoms with Crippen molar-refractivity contribution in [3.8, 4) is 0 Å². The first-order chi connectivity index (χ1) is 9.34. The summed E-state index contributed by atoms with van der Waals surface area (Å²) < 4.78 is 1.08. The molecule has 0 amide bonds. The fourth-order valence-electron chi connectivity index (χ4n) is 2.00. The highest BCUT2D eigenvalue weighted by atomic mass is 79.9. The number of aromatic nitrogens is 3. The Morgan fingerprint density at radius 3 is 2.74 bits per heavy atom. The van der Waals surface area contributed by atoms with Gasteiger partial charge in [-0.3, -0.25) is 4.98 Å². The zero-order valence-corrected chi connectivity index (χ0v) is 11.8. The van der Waals surface area contributed by atoms with E-state index < -0.39 is 0 Å². The lowest BCUT2D eigenvalue weighted by Crippen LogP contribution is -2.13. The summed E-state index contributed by atoms with van der Waals surface area (Å²) in [5.74, 6) is 0. The van der Waals surface area contributed by atoms with E-state index in [0.717, 1.165) is 34.3 Å². The lowest BCUT2D eigenvalue weighted by molar-refractivity contribution is 0.681. The largest absolute Gasteiger partial charge is 0.341 e. The quantitative estimate of drug-likeness (QED) is 0.778. The minimum atomic E-state index is 0.763. The van der Waals surface area contributed by atoms with E-state index in [9.17, 15) is 0 Å². The fraction of sp³-hybridized carbons (Fsp3) is 0.143. The molecule has 0 aliphatic heterocycles. The van der Waals surface area contributed by atoms with Gasteiger partial charge in [-0.05, 0) is 45.8 Å². The van der Waals surface area contributed by atoms with Crippen molar-refractivity contribution in [2.24, 2.45) is 0 Å². The van der Waals surface area contributed by atoms with Crippen LogP contribution in [-0.4, -0.2) is 15.0 Å². The zero-order chi connectivity index (χ0) is 13.1. The van der Waals surface area contributed by atoms with Crippen LogP contribution in [0.25, 0.3) is 11.0 Å². The van der Waals surface area contributed by atoms with E-state index in [4.69, 9.17) is 0 Å². The normalized spacial score (nSPS) is 11.0. The first-order valence-corrected chi connectivity index (χ1v) is 6.84. The maximum atomic E-state index is 4.31. The van der Waals surface area contributed by atoms with E-state index in [-0.39, 0.29) is 0 Å². The Labute approximate surface area is 119 Å². The van der Waals surface area contributed by atoms with Crippen molar-refractivity contribution >= 4 is 27.0 Å². The highest BCUT2D eigenvalue weighted by molar-refractivity contribution is 9.10. The molecule has 0 aliphatic rings. The van der Waals surface area contributed by atoms with Crippen molar-refractivity contribution in [3.05, 3.63) is 58.6 Å². The lowest BCUT2D eigenvalue weighted by atomic mass is 10.2. The standard InChI is InChI=1S/C14H13BrN4/c15-13-11-2-1-5-18-14(11)19-12(13)9-17-8-10-3-6-16-7-4-10/h1-7,17H,8-9H2,(H,18,19). The lowest BCUT2D eigenvalue weighted by Gasteiger charge is -2.03. The van der Waals surface area contributed by atoms with E-state index >= 15 is 0 Å². The third-order valence-corrected chi connectivity index (χ3v) is 3.86. The van der Waals surface area contributed by atoms with Crippen LogP contribution in [0.2, 0.25) is 0 Å². The number of hydrogen-bond acceptors (Lipinski definition) is 3. The molecule has 96 valence electrons. The summed E-state index contributed by atoms with van der Waals surface area (Å²) in [7, 11) is 0. The maximum Gasteiger partial charge on any atom is 0.138 e. The number of fused-ring (bicyclic) bond motifs is 1. The maximum absolute atomic E-state index is 4.31. The molecular weight excluding hydrogens is 304 g/mol. The molecule has 0 bridgehead atoms. The monoisotopic (exact) mass is 316 g/mol. The van der Waals surface area contributed by atoms with Gasteiger partial charge in [-0.2, -0.15) is 0 Å². The van der Waals surface area contributed by atoms with Gasteiger partial charge in [0.2, 0.25) is 0 Å². The molecule has 4 nitrogen and oxygen atoms in total. The minimum absolute atomic E-state index is 0.763. The van der Waals surface area contributed by atoms with Gasteiger partial charge in [-0.15, -0.1) is 0 Å². The van der Waals surface area contributed by atoms with Crippen molar-refractivity contribution in [1.82, 2.24) is 20.3 Å². The minimum Gasteiger partial charge on any atom is -0.341 e. The van der Waals surface area contributed by atoms with Gasteiger partial charge in [0.1, 0.15) is 5.65 Å². The third-order valence-electron chi connectivity index (χ3n) is 2.96. The number of H-pyrrole nitrogens is 1. The molecule has 3 rings (SSSR count). The molecule has 0 unspecified atom stereocenters. The number of aromatic amines is 1. The van der Waals surface area contributed by atoms with Gasteiger partial charge in [0.05, 0.1) is 0 Å². The molecule has 0 radical (unpaired) electrons. The second-order valence-corrected chi connectivity index (χ2v) is 5.07. The predicted octanol–water partition coefficient (Wildman–Crippen LogP) is 3.01. The number of nitrogens with zero attached hydrogens (tertiary/aromatic N) is 2. The summed E-state index contributed by atoms with van der Waals surface area (Å²) in [4.78, 5) is 11.6. The van der Waals surface area contributed by atoms with E-state index in [1.165, 1.54) is 5.56 Å². The van der Waals surface area contributed by atoms with Crippen molar-refractivity contribution in [3.63, 3.8) is 0 Å². The molecule has 3 aromatic rings. The van der Waals surface area contributed by atoms with Gasteiger partial charge in [0.25, 0.3) is 0 Å². The Morgan fingerprint density at radius 2 is 1.95 bits per heavy atom. The van der Waals surface area contributed by atoms with Gasteiger partial charge in [0, 0.05) is 47.2 Å². The summed E-state index contributed by atoms with van der Waals surface area (Å²) in [6.07, 6.45) is 5.40. The van der Waals surface area contributed by atoms with Crippen LogP contribution >= 0.6 is 15.9 Å². The van der Waals surface area contributed by atoms with E-state index in [0.29, 0.717) is 0 Å². The number of nitrogens with one attached hydrogen (secondary N) is 2. The van der Waals surface area contributed by atoms with Crippen LogP contribution in [0.1, 0.15) is 11.3 Å². The molecule has 0 fully saturated rings. The van der Waals surface area contributed by atoms with Gasteiger partial charge < -0.3 is 10.3 Å². The number of halogens is 1. The second-order valence-electron chi connectivity index (χ2n) is 4.28. The predicted molar refractivity (Wildman–Crippen MR) is 78.6 cm³/mol. The molecule has 0 spiro atoms. The topological polar surface area (TPSA) is 53.6 Å². The first-order valence-electron chi connectivity index (χ1n) is 6.05. The zero-order valence-electron chi connectivity index (χ0n) is 10.2. The average molecular weight is 317 g/mol. The van der Waals surface area contributed by atoms with Crippen LogP contribution < -0.4 is 5.32 Å². The van der Waals surface area contributed by atoms with Crippen LogP contribution in [0.15, 0.2) is 47.3 Å². The van der Waals surface area contributed by atoms with Crippen molar-refractivity contribution < 1.29 is 0 Å². The van der Waals surface area contributed by atoms with Crippen LogP contribution in [0.4, 0.5) is 0 Å². The number of rotatable bonds is 4. The Morgan fingerprint density at radius 1 is 1.11 bits per heavy atom. The molecule has 2 N–H and O–H groups in total. The van der Waals surface area contributed by atoms with Crippen LogP contribution in [-0.2, 0) is 13.1 Å². The molecule has 3 aromatic heterocycles. The van der Waals surface area contributed by atoms with Crippen molar-refractivity contribution in [2.75, 3.05) is 0 Å². The molecule has 0 saturated carbocycles. The number of hydrogen-bond donors (Lipinski definition) is 2. The van der Waals surface area contributed by atoms with E-state index in [2.05, 4.69) is 42.3 Å². The Kier molecular flexibility index (Phi) is 3.57.